The molecule has 0 bridgehead atoms. The molecule has 1 aliphatic heterocycles. The van der Waals surface area contributed by atoms with E-state index in [1.54, 1.807) is 38.1 Å². The molecule has 2 aromatic rings. The van der Waals surface area contributed by atoms with E-state index in [1.807, 2.05) is 5.32 Å². The lowest BCUT2D eigenvalue weighted by Gasteiger charge is -2.35. The number of carbonyl (C=O) groups excluding carboxylic acids is 3. The second-order valence-corrected chi connectivity index (χ2v) is 10.2. The highest BCUT2D eigenvalue weighted by Crippen LogP contribution is 2.51. The normalized spacial score (nSPS) is 20.9. The molecule has 0 spiro atoms. The van der Waals surface area contributed by atoms with Gasteiger partial charge in [-0.3, -0.25) is 14.4 Å². The first-order valence-electron chi connectivity index (χ1n) is 12.1. The summed E-state index contributed by atoms with van der Waals surface area (Å²) in [4.78, 5) is 41.0. The van der Waals surface area contributed by atoms with E-state index in [4.69, 9.17) is 9.47 Å². The van der Waals surface area contributed by atoms with Crippen molar-refractivity contribution in [3.05, 3.63) is 70.9 Å². The number of amides is 2. The summed E-state index contributed by atoms with van der Waals surface area (Å²) in [5, 5.41) is 1.95. The monoisotopic (exact) mass is 530 g/mol. The molecule has 38 heavy (non-hydrogen) atoms. The molecule has 2 aliphatic rings. The van der Waals surface area contributed by atoms with Crippen LogP contribution in [0.2, 0.25) is 0 Å². The zero-order chi connectivity index (χ0) is 27.9. The van der Waals surface area contributed by atoms with Crippen LogP contribution >= 0.6 is 0 Å². The van der Waals surface area contributed by atoms with Gasteiger partial charge in [0.2, 0.25) is 5.54 Å². The van der Waals surface area contributed by atoms with Gasteiger partial charge in [0.15, 0.2) is 17.3 Å². The molecule has 4 rings (SSSR count). The molecule has 1 atom stereocenters. The highest BCUT2D eigenvalue weighted by atomic mass is 19.4. The van der Waals surface area contributed by atoms with Crippen LogP contribution in [0.4, 0.5) is 13.2 Å². The minimum atomic E-state index is -5.26. The Labute approximate surface area is 218 Å². The second kappa shape index (κ2) is 9.81. The van der Waals surface area contributed by atoms with Crippen LogP contribution in [-0.2, 0) is 16.0 Å². The maximum atomic E-state index is 14.9. The number of methoxy groups -OCH3 is 2. The zero-order valence-corrected chi connectivity index (χ0v) is 21.6. The molecule has 0 aromatic heterocycles. The first-order chi connectivity index (χ1) is 17.8. The fourth-order valence-electron chi connectivity index (χ4n) is 5.17. The SMILES string of the molecule is COc1ccc(CCN2C(=O)C(NC(=O)c3ccccc3)(C(F)(F)F)C3=C2CC(C)(C)CC3=O)cc1OC. The van der Waals surface area contributed by atoms with Crippen LogP contribution in [0.5, 0.6) is 11.5 Å². The Morgan fingerprint density at radius 1 is 1.00 bits per heavy atom. The number of ketones is 1. The predicted octanol–water partition coefficient (Wildman–Crippen LogP) is 4.46. The van der Waals surface area contributed by atoms with Crippen LogP contribution < -0.4 is 14.8 Å². The van der Waals surface area contributed by atoms with Crippen LogP contribution in [0.3, 0.4) is 0 Å². The molecule has 2 amide bonds. The van der Waals surface area contributed by atoms with Gasteiger partial charge in [0, 0.05) is 24.2 Å². The average molecular weight is 531 g/mol. The predicted molar refractivity (Wildman–Crippen MR) is 133 cm³/mol. The third kappa shape index (κ3) is 4.63. The first kappa shape index (κ1) is 27.2. The van der Waals surface area contributed by atoms with Crippen molar-refractivity contribution in [2.45, 2.75) is 44.8 Å². The van der Waals surface area contributed by atoms with E-state index in [0.717, 1.165) is 4.90 Å². The number of alkyl halides is 3. The highest BCUT2D eigenvalue weighted by molar-refractivity contribution is 6.14. The maximum absolute atomic E-state index is 14.9. The van der Waals surface area contributed by atoms with Gasteiger partial charge in [-0.1, -0.05) is 38.1 Å². The van der Waals surface area contributed by atoms with Crippen molar-refractivity contribution in [3.8, 4) is 11.5 Å². The lowest BCUT2D eigenvalue weighted by molar-refractivity contribution is -0.190. The van der Waals surface area contributed by atoms with Gasteiger partial charge in [-0.2, -0.15) is 13.2 Å². The van der Waals surface area contributed by atoms with E-state index in [0.29, 0.717) is 17.1 Å². The summed E-state index contributed by atoms with van der Waals surface area (Å²) in [7, 11) is 2.95. The minimum Gasteiger partial charge on any atom is -0.493 e. The molecular weight excluding hydrogens is 501 g/mol. The Kier molecular flexibility index (Phi) is 7.03. The second-order valence-electron chi connectivity index (χ2n) is 10.2. The Morgan fingerprint density at radius 3 is 2.26 bits per heavy atom. The number of hydrogen-bond acceptors (Lipinski definition) is 5. The molecule has 0 radical (unpaired) electrons. The summed E-state index contributed by atoms with van der Waals surface area (Å²) < 4.78 is 55.3. The van der Waals surface area contributed by atoms with Gasteiger partial charge in [-0.25, -0.2) is 0 Å². The number of carbonyl (C=O) groups is 3. The molecule has 10 heteroatoms. The summed E-state index contributed by atoms with van der Waals surface area (Å²) >= 11 is 0. The lowest BCUT2D eigenvalue weighted by atomic mass is 9.72. The van der Waals surface area contributed by atoms with Crippen LogP contribution in [0.15, 0.2) is 59.8 Å². The number of halogens is 3. The largest absolute Gasteiger partial charge is 0.493 e. The Hall–Kier alpha value is -3.82. The van der Waals surface area contributed by atoms with Gasteiger partial charge in [-0.15, -0.1) is 0 Å². The summed E-state index contributed by atoms with van der Waals surface area (Å²) in [5.41, 5.74) is -4.19. The summed E-state index contributed by atoms with van der Waals surface area (Å²) in [5.74, 6) is -2.36. The summed E-state index contributed by atoms with van der Waals surface area (Å²) in [6.45, 7) is 3.40. The van der Waals surface area contributed by atoms with Crippen molar-refractivity contribution < 1.29 is 37.0 Å². The smallest absolute Gasteiger partial charge is 0.425 e. The highest BCUT2D eigenvalue weighted by Gasteiger charge is 2.71. The van der Waals surface area contributed by atoms with Crippen molar-refractivity contribution in [2.75, 3.05) is 20.8 Å². The summed E-state index contributed by atoms with van der Waals surface area (Å²) in [6.07, 6.45) is -5.19. The Balaban J connectivity index is 1.77. The molecule has 202 valence electrons. The van der Waals surface area contributed by atoms with Gasteiger partial charge >= 0.3 is 6.18 Å². The van der Waals surface area contributed by atoms with Crippen molar-refractivity contribution in [2.24, 2.45) is 5.41 Å². The number of ether oxygens (including phenoxy) is 2. The van der Waals surface area contributed by atoms with Crippen LogP contribution in [0.25, 0.3) is 0 Å². The van der Waals surface area contributed by atoms with E-state index < -0.39 is 40.3 Å². The average Bonchev–Trinajstić information content (AvgIpc) is 3.09. The zero-order valence-electron chi connectivity index (χ0n) is 21.6. The molecule has 1 aliphatic carbocycles. The van der Waals surface area contributed by atoms with Crippen LogP contribution in [0.1, 0.15) is 42.6 Å². The molecule has 0 saturated heterocycles. The standard InChI is InChI=1S/C28H29F3N2O5/c1-26(2)15-19-23(20(34)16-26)27(28(29,30)31,32-24(35)18-8-6-5-7-9-18)25(36)33(19)13-12-17-10-11-21(37-3)22(14-17)38-4/h5-11,14H,12-13,15-16H2,1-4H3,(H,32,35). The maximum Gasteiger partial charge on any atom is 0.425 e. The quantitative estimate of drug-likeness (QED) is 0.572. The number of nitrogens with one attached hydrogen (secondary N) is 1. The molecule has 1 heterocycles. The minimum absolute atomic E-state index is 0.00223. The number of nitrogens with zero attached hydrogens (tertiary/aromatic N) is 1. The van der Waals surface area contributed by atoms with Gasteiger partial charge in [0.25, 0.3) is 11.8 Å². The van der Waals surface area contributed by atoms with E-state index in [2.05, 4.69) is 0 Å². The van der Waals surface area contributed by atoms with Crippen LogP contribution in [0, 0.1) is 5.41 Å². The first-order valence-corrected chi connectivity index (χ1v) is 12.1. The number of Topliss-reactive ketones (excluding diaryl/α,β-unsaturated/α-hetero) is 1. The van der Waals surface area contributed by atoms with Crippen LogP contribution in [-0.4, -0.2) is 55.0 Å². The van der Waals surface area contributed by atoms with Gasteiger partial charge in [-0.05, 0) is 48.1 Å². The number of allylic oxidation sites excluding steroid dienone is 1. The molecule has 0 fully saturated rings. The molecule has 1 unspecified atom stereocenters. The Bertz CT molecular complexity index is 1300. The van der Waals surface area contributed by atoms with Crippen molar-refractivity contribution in [3.63, 3.8) is 0 Å². The molecular formula is C28H29F3N2O5. The molecule has 1 N–H and O–H groups in total. The van der Waals surface area contributed by atoms with E-state index in [9.17, 15) is 27.6 Å². The third-order valence-corrected chi connectivity index (χ3v) is 6.95. The molecule has 7 nitrogen and oxygen atoms in total. The fourth-order valence-corrected chi connectivity index (χ4v) is 5.17. The van der Waals surface area contributed by atoms with Gasteiger partial charge < -0.3 is 19.7 Å². The van der Waals surface area contributed by atoms with E-state index in [1.165, 1.54) is 38.5 Å². The lowest BCUT2D eigenvalue weighted by Crippen LogP contribution is -2.66. The summed E-state index contributed by atoms with van der Waals surface area (Å²) in [6, 6.07) is 12.4. The van der Waals surface area contributed by atoms with Crippen molar-refractivity contribution in [1.29, 1.82) is 0 Å². The van der Waals surface area contributed by atoms with Crippen molar-refractivity contribution >= 4 is 17.6 Å². The topological polar surface area (TPSA) is 84.9 Å². The number of benzene rings is 2. The number of rotatable bonds is 7. The van der Waals surface area contributed by atoms with Gasteiger partial charge in [0.1, 0.15) is 0 Å². The fraction of sp³-hybridized carbons (Fsp3) is 0.393. The third-order valence-electron chi connectivity index (χ3n) is 6.95. The molecule has 2 aromatic carbocycles. The van der Waals surface area contributed by atoms with Gasteiger partial charge in [0.05, 0.1) is 19.8 Å². The molecule has 0 saturated carbocycles. The van der Waals surface area contributed by atoms with E-state index in [-0.39, 0.29) is 37.1 Å². The van der Waals surface area contributed by atoms with Crippen molar-refractivity contribution in [1.82, 2.24) is 10.2 Å². The number of hydrogen-bond donors (Lipinski definition) is 1. The van der Waals surface area contributed by atoms with E-state index >= 15 is 0 Å². The Morgan fingerprint density at radius 2 is 1.66 bits per heavy atom.